The van der Waals surface area contributed by atoms with E-state index >= 15 is 0 Å². The molecule has 1 amide bonds. The van der Waals surface area contributed by atoms with E-state index in [0.29, 0.717) is 6.42 Å². The van der Waals surface area contributed by atoms with Crippen molar-refractivity contribution in [3.8, 4) is 0 Å². The smallest absolute Gasteiger partial charge is 0.307 e. The lowest BCUT2D eigenvalue weighted by molar-refractivity contribution is -0.140. The van der Waals surface area contributed by atoms with E-state index in [-0.39, 0.29) is 19.1 Å². The number of hydrogen-bond acceptors (Lipinski definition) is 4. The maximum absolute atomic E-state index is 11.4. The van der Waals surface area contributed by atoms with Gasteiger partial charge in [0, 0.05) is 7.11 Å². The van der Waals surface area contributed by atoms with Crippen LogP contribution in [0.5, 0.6) is 0 Å². The summed E-state index contributed by atoms with van der Waals surface area (Å²) in [5, 5.41) is 20.0. The van der Waals surface area contributed by atoms with Gasteiger partial charge in [0.2, 0.25) is 5.91 Å². The van der Waals surface area contributed by atoms with Crippen LogP contribution in [-0.4, -0.2) is 48.5 Å². The highest BCUT2D eigenvalue weighted by Crippen LogP contribution is 2.38. The number of rotatable bonds is 6. The zero-order valence-electron chi connectivity index (χ0n) is 8.47. The average Bonchev–Trinajstić information content (AvgIpc) is 2.96. The zero-order chi connectivity index (χ0) is 11.4. The molecule has 0 heterocycles. The number of ether oxygens (including phenoxy) is 1. The molecule has 6 nitrogen and oxygen atoms in total. The first-order valence-corrected chi connectivity index (χ1v) is 4.73. The van der Waals surface area contributed by atoms with Crippen LogP contribution in [0.4, 0.5) is 0 Å². The summed E-state index contributed by atoms with van der Waals surface area (Å²) in [4.78, 5) is 21.9. The van der Waals surface area contributed by atoms with Crippen LogP contribution in [-0.2, 0) is 14.3 Å². The van der Waals surface area contributed by atoms with Crippen LogP contribution in [0.25, 0.3) is 0 Å². The van der Waals surface area contributed by atoms with E-state index in [1.54, 1.807) is 0 Å². The monoisotopic (exact) mass is 217 g/mol. The van der Waals surface area contributed by atoms with E-state index in [0.717, 1.165) is 0 Å². The number of hydrogen-bond donors (Lipinski definition) is 3. The quantitative estimate of drug-likeness (QED) is 0.521. The van der Waals surface area contributed by atoms with Crippen LogP contribution in [0.15, 0.2) is 0 Å². The van der Waals surface area contributed by atoms with Crippen LogP contribution in [0.1, 0.15) is 6.42 Å². The number of aliphatic carboxylic acids is 1. The summed E-state index contributed by atoms with van der Waals surface area (Å²) in [5.41, 5.74) is 0. The molecule has 0 aromatic heterocycles. The van der Waals surface area contributed by atoms with Crippen molar-refractivity contribution < 1.29 is 24.5 Å². The molecule has 0 aromatic rings. The largest absolute Gasteiger partial charge is 0.481 e. The molecule has 0 aliphatic heterocycles. The molecule has 86 valence electrons. The molecule has 1 aliphatic rings. The van der Waals surface area contributed by atoms with Gasteiger partial charge >= 0.3 is 5.97 Å². The Morgan fingerprint density at radius 1 is 1.53 bits per heavy atom. The summed E-state index contributed by atoms with van der Waals surface area (Å²) in [5.74, 6) is -2.28. The van der Waals surface area contributed by atoms with Crippen LogP contribution in [0, 0.1) is 11.8 Å². The molecule has 1 fully saturated rings. The second kappa shape index (κ2) is 5.09. The van der Waals surface area contributed by atoms with Gasteiger partial charge in [0.25, 0.3) is 0 Å². The Kier molecular flexibility index (Phi) is 4.05. The normalized spacial score (nSPS) is 25.7. The van der Waals surface area contributed by atoms with Gasteiger partial charge in [-0.15, -0.1) is 0 Å². The predicted molar refractivity (Wildman–Crippen MR) is 50.1 cm³/mol. The van der Waals surface area contributed by atoms with E-state index in [1.807, 2.05) is 0 Å². The number of nitrogens with one attached hydrogen (secondary N) is 1. The van der Waals surface area contributed by atoms with Crippen LogP contribution < -0.4 is 5.32 Å². The third kappa shape index (κ3) is 3.17. The Morgan fingerprint density at radius 2 is 2.20 bits per heavy atom. The highest BCUT2D eigenvalue weighted by Gasteiger charge is 2.48. The van der Waals surface area contributed by atoms with Crippen molar-refractivity contribution in [1.29, 1.82) is 0 Å². The number of amides is 1. The summed E-state index contributed by atoms with van der Waals surface area (Å²) in [7, 11) is 1.46. The van der Waals surface area contributed by atoms with Crippen molar-refractivity contribution in [3.05, 3.63) is 0 Å². The summed E-state index contributed by atoms with van der Waals surface area (Å²) < 4.78 is 4.78. The van der Waals surface area contributed by atoms with Gasteiger partial charge in [-0.05, 0) is 6.42 Å². The molecular weight excluding hydrogens is 202 g/mol. The summed E-state index contributed by atoms with van der Waals surface area (Å²) in [6, 6.07) is -0.461. The first-order valence-electron chi connectivity index (χ1n) is 4.73. The Balaban J connectivity index is 2.33. The molecule has 0 radical (unpaired) electrons. The molecule has 6 heteroatoms. The number of aliphatic hydroxyl groups excluding tert-OH is 1. The van der Waals surface area contributed by atoms with Crippen molar-refractivity contribution >= 4 is 11.9 Å². The third-order valence-electron chi connectivity index (χ3n) is 2.38. The second-order valence-electron chi connectivity index (χ2n) is 3.63. The average molecular weight is 217 g/mol. The first kappa shape index (κ1) is 11.9. The topological polar surface area (TPSA) is 95.9 Å². The summed E-state index contributed by atoms with van der Waals surface area (Å²) >= 11 is 0. The van der Waals surface area contributed by atoms with Gasteiger partial charge in [0.1, 0.15) is 0 Å². The molecule has 1 aliphatic carbocycles. The van der Waals surface area contributed by atoms with Gasteiger partial charge in [-0.1, -0.05) is 0 Å². The van der Waals surface area contributed by atoms with E-state index in [4.69, 9.17) is 14.9 Å². The van der Waals surface area contributed by atoms with Crippen molar-refractivity contribution in [3.63, 3.8) is 0 Å². The van der Waals surface area contributed by atoms with Crippen molar-refractivity contribution in [2.45, 2.75) is 12.5 Å². The lowest BCUT2D eigenvalue weighted by Crippen LogP contribution is -2.41. The highest BCUT2D eigenvalue weighted by atomic mass is 16.5. The Labute approximate surface area is 87.2 Å². The standard InChI is InChI=1S/C9H15NO5/c1-15-4-5(3-11)10-8(12)6-2-7(6)9(13)14/h5-7,11H,2-4H2,1H3,(H,10,12)(H,13,14)/t5?,6-,7+/m1/s1. The summed E-state index contributed by atoms with van der Waals surface area (Å²) in [6.45, 7) is -0.00324. The number of carbonyl (C=O) groups is 2. The fraction of sp³-hybridized carbons (Fsp3) is 0.778. The lowest BCUT2D eigenvalue weighted by Gasteiger charge is -2.14. The Morgan fingerprint density at radius 3 is 2.60 bits per heavy atom. The van der Waals surface area contributed by atoms with Gasteiger partial charge in [0.15, 0.2) is 0 Å². The van der Waals surface area contributed by atoms with Gasteiger partial charge in [-0.25, -0.2) is 0 Å². The van der Waals surface area contributed by atoms with Crippen molar-refractivity contribution in [2.75, 3.05) is 20.3 Å². The predicted octanol–water partition coefficient (Wildman–Crippen LogP) is -1.17. The molecule has 1 saturated carbocycles. The van der Waals surface area contributed by atoms with E-state index < -0.39 is 23.8 Å². The number of methoxy groups -OCH3 is 1. The van der Waals surface area contributed by atoms with Crippen molar-refractivity contribution in [2.24, 2.45) is 11.8 Å². The van der Waals surface area contributed by atoms with Gasteiger partial charge in [-0.3, -0.25) is 9.59 Å². The lowest BCUT2D eigenvalue weighted by atomic mass is 10.2. The molecule has 0 aromatic carbocycles. The minimum atomic E-state index is -0.942. The zero-order valence-corrected chi connectivity index (χ0v) is 8.47. The maximum Gasteiger partial charge on any atom is 0.307 e. The van der Waals surface area contributed by atoms with Crippen LogP contribution in [0.2, 0.25) is 0 Å². The molecule has 3 atom stereocenters. The summed E-state index contributed by atoms with van der Waals surface area (Å²) in [6.07, 6.45) is 0.381. The minimum absolute atomic E-state index is 0.215. The third-order valence-corrected chi connectivity index (χ3v) is 2.38. The molecule has 0 saturated heterocycles. The molecule has 1 rings (SSSR count). The second-order valence-corrected chi connectivity index (χ2v) is 3.63. The molecule has 0 spiro atoms. The van der Waals surface area contributed by atoms with E-state index in [1.165, 1.54) is 7.11 Å². The number of carbonyl (C=O) groups excluding carboxylic acids is 1. The first-order chi connectivity index (χ1) is 7.10. The van der Waals surface area contributed by atoms with Gasteiger partial charge in [0.05, 0.1) is 31.1 Å². The number of carboxylic acid groups (broad SMARTS) is 1. The number of aliphatic hydroxyl groups is 1. The minimum Gasteiger partial charge on any atom is -0.481 e. The molecule has 1 unspecified atom stereocenters. The molecule has 3 N–H and O–H groups in total. The highest BCUT2D eigenvalue weighted by molar-refractivity contribution is 5.89. The van der Waals surface area contributed by atoms with Crippen LogP contribution >= 0.6 is 0 Å². The number of carboxylic acids is 1. The maximum atomic E-state index is 11.4. The van der Waals surface area contributed by atoms with Crippen LogP contribution in [0.3, 0.4) is 0 Å². The molecule has 15 heavy (non-hydrogen) atoms. The molecular formula is C9H15NO5. The van der Waals surface area contributed by atoms with Gasteiger partial charge in [-0.2, -0.15) is 0 Å². The Bertz CT molecular complexity index is 255. The molecule has 0 bridgehead atoms. The SMILES string of the molecule is COCC(CO)NC(=O)[C@@H]1C[C@@H]1C(=O)O. The fourth-order valence-electron chi connectivity index (χ4n) is 1.41. The fourth-order valence-corrected chi connectivity index (χ4v) is 1.41. The van der Waals surface area contributed by atoms with Gasteiger partial charge < -0.3 is 20.3 Å². The van der Waals surface area contributed by atoms with Crippen molar-refractivity contribution in [1.82, 2.24) is 5.32 Å². The Hall–Kier alpha value is -1.14. The van der Waals surface area contributed by atoms with E-state index in [9.17, 15) is 9.59 Å². The van der Waals surface area contributed by atoms with E-state index in [2.05, 4.69) is 5.32 Å².